The number of thioether (sulfide) groups is 2. The van der Waals surface area contributed by atoms with Crippen LogP contribution in [0.2, 0.25) is 0 Å². The summed E-state index contributed by atoms with van der Waals surface area (Å²) >= 11 is 3.96. The fourth-order valence-electron chi connectivity index (χ4n) is 1.50. The molecule has 0 bridgehead atoms. The first-order valence-electron chi connectivity index (χ1n) is 6.62. The van der Waals surface area contributed by atoms with E-state index >= 15 is 0 Å². The van der Waals surface area contributed by atoms with E-state index in [1.165, 1.54) is 5.75 Å². The van der Waals surface area contributed by atoms with E-state index in [-0.39, 0.29) is 20.8 Å². The van der Waals surface area contributed by atoms with Crippen LogP contribution in [0.4, 0.5) is 0 Å². The van der Waals surface area contributed by atoms with Gasteiger partial charge in [0, 0.05) is 17.6 Å². The third-order valence-electron chi connectivity index (χ3n) is 2.43. The van der Waals surface area contributed by atoms with Crippen molar-refractivity contribution in [2.24, 2.45) is 5.92 Å². The number of Topliss-reactive ketones (excluding diaryl/α,β-unsaturated/α-hetero) is 1. The number of hydrogen-bond donors (Lipinski definition) is 0. The molecule has 0 spiro atoms. The molecule has 19 heavy (non-hydrogen) atoms. The summed E-state index contributed by atoms with van der Waals surface area (Å²) in [6.07, 6.45) is 1.91. The Morgan fingerprint density at radius 3 is 1.84 bits per heavy atom. The molecule has 0 aromatic heterocycles. The molecule has 0 N–H and O–H groups in total. The van der Waals surface area contributed by atoms with Crippen LogP contribution in [0.1, 0.15) is 69.2 Å². The lowest BCUT2D eigenvalue weighted by molar-refractivity contribution is -0.121. The zero-order valence-corrected chi connectivity index (χ0v) is 13.8. The Labute approximate surface area is 131 Å². The van der Waals surface area contributed by atoms with Gasteiger partial charge in [-0.2, -0.15) is 23.5 Å². The van der Waals surface area contributed by atoms with E-state index in [0.29, 0.717) is 21.5 Å². The van der Waals surface area contributed by atoms with Gasteiger partial charge in [-0.15, -0.1) is 0 Å². The molecule has 3 heteroatoms. The molecule has 0 aromatic carbocycles. The van der Waals surface area contributed by atoms with Gasteiger partial charge in [0.25, 0.3) is 0 Å². The minimum Gasteiger partial charge on any atom is -0.299 e. The van der Waals surface area contributed by atoms with E-state index in [9.17, 15) is 4.79 Å². The summed E-state index contributed by atoms with van der Waals surface area (Å²) < 4.78 is 0. The van der Waals surface area contributed by atoms with Crippen molar-refractivity contribution < 1.29 is 4.79 Å². The first-order chi connectivity index (χ1) is 7.82. The second-order valence-electron chi connectivity index (χ2n) is 5.34. The van der Waals surface area contributed by atoms with E-state index in [1.807, 2.05) is 37.4 Å². The monoisotopic (exact) mass is 308 g/mol. The molecular weight excluding hydrogens is 272 g/mol. The van der Waals surface area contributed by atoms with Crippen molar-refractivity contribution >= 4 is 29.3 Å². The SMILES string of the molecule is C.C.CC(C)SCCC(CC(=O)C(C)C)SC(C)C. The van der Waals surface area contributed by atoms with E-state index < -0.39 is 0 Å². The molecule has 0 radical (unpaired) electrons. The lowest BCUT2D eigenvalue weighted by Gasteiger charge is -2.19. The van der Waals surface area contributed by atoms with Gasteiger partial charge in [-0.3, -0.25) is 4.79 Å². The fraction of sp³-hybridized carbons (Fsp3) is 0.938. The average molecular weight is 309 g/mol. The molecule has 0 heterocycles. The molecule has 0 fully saturated rings. The van der Waals surface area contributed by atoms with Crippen molar-refractivity contribution in [1.82, 2.24) is 0 Å². The second kappa shape index (κ2) is 13.4. The molecule has 0 aliphatic heterocycles. The maximum atomic E-state index is 11.8. The Morgan fingerprint density at radius 1 is 0.947 bits per heavy atom. The predicted molar refractivity (Wildman–Crippen MR) is 96.7 cm³/mol. The van der Waals surface area contributed by atoms with Gasteiger partial charge < -0.3 is 0 Å². The zero-order valence-electron chi connectivity index (χ0n) is 12.2. The quantitative estimate of drug-likeness (QED) is 0.526. The summed E-state index contributed by atoms with van der Waals surface area (Å²) in [6.45, 7) is 12.9. The van der Waals surface area contributed by atoms with E-state index in [2.05, 4.69) is 27.7 Å². The Hall–Kier alpha value is 0.370. The molecule has 1 unspecified atom stereocenters. The molecule has 1 nitrogen and oxygen atoms in total. The number of rotatable bonds is 9. The molecule has 0 aliphatic rings. The van der Waals surface area contributed by atoms with E-state index in [0.717, 1.165) is 12.8 Å². The highest BCUT2D eigenvalue weighted by Gasteiger charge is 2.18. The first kappa shape index (κ1) is 24.4. The standard InChI is InChI=1S/C14H28OS2.2CH4/c1-10(2)14(15)9-13(17-12(5)6)7-8-16-11(3)4;;/h10-13H,7-9H2,1-6H3;2*1H4. The summed E-state index contributed by atoms with van der Waals surface area (Å²) in [4.78, 5) is 11.8. The van der Waals surface area contributed by atoms with Crippen molar-refractivity contribution in [3.8, 4) is 0 Å². The Morgan fingerprint density at radius 2 is 1.47 bits per heavy atom. The Kier molecular flexibility index (Phi) is 17.1. The maximum Gasteiger partial charge on any atom is 0.136 e. The minimum absolute atomic E-state index is 0. The smallest absolute Gasteiger partial charge is 0.136 e. The average Bonchev–Trinajstić information content (AvgIpc) is 2.15. The molecule has 0 saturated heterocycles. The van der Waals surface area contributed by atoms with Crippen molar-refractivity contribution in [1.29, 1.82) is 0 Å². The van der Waals surface area contributed by atoms with Crippen LogP contribution >= 0.6 is 23.5 Å². The largest absolute Gasteiger partial charge is 0.299 e. The summed E-state index contributed by atoms with van der Waals surface area (Å²) in [5.41, 5.74) is 0. The summed E-state index contributed by atoms with van der Waals surface area (Å²) in [5.74, 6) is 1.77. The van der Waals surface area contributed by atoms with Gasteiger partial charge in [-0.25, -0.2) is 0 Å². The zero-order chi connectivity index (χ0) is 13.4. The first-order valence-corrected chi connectivity index (χ1v) is 8.61. The van der Waals surface area contributed by atoms with Crippen molar-refractivity contribution in [3.63, 3.8) is 0 Å². The molecule has 0 aromatic rings. The fourth-order valence-corrected chi connectivity index (χ4v) is 3.82. The van der Waals surface area contributed by atoms with Crippen LogP contribution in [0.3, 0.4) is 0 Å². The third kappa shape index (κ3) is 14.6. The lowest BCUT2D eigenvalue weighted by Crippen LogP contribution is -2.17. The molecule has 0 amide bonds. The molecule has 0 rings (SSSR count). The maximum absolute atomic E-state index is 11.8. The van der Waals surface area contributed by atoms with Crippen molar-refractivity contribution in [3.05, 3.63) is 0 Å². The van der Waals surface area contributed by atoms with Crippen LogP contribution in [0.15, 0.2) is 0 Å². The van der Waals surface area contributed by atoms with Crippen LogP contribution < -0.4 is 0 Å². The minimum atomic E-state index is 0. The highest BCUT2D eigenvalue weighted by molar-refractivity contribution is 8.01. The Balaban J connectivity index is -0.00000128. The predicted octanol–water partition coefficient (Wildman–Crippen LogP) is 5.92. The summed E-state index contributed by atoms with van der Waals surface area (Å²) in [7, 11) is 0. The lowest BCUT2D eigenvalue weighted by atomic mass is 10.0. The Bertz CT molecular complexity index is 213. The third-order valence-corrected chi connectivity index (χ3v) is 4.90. The van der Waals surface area contributed by atoms with Gasteiger partial charge in [0.1, 0.15) is 5.78 Å². The van der Waals surface area contributed by atoms with Crippen LogP contribution in [0, 0.1) is 5.92 Å². The number of carbonyl (C=O) groups is 1. The number of carbonyl (C=O) groups excluding carboxylic acids is 1. The highest BCUT2D eigenvalue weighted by atomic mass is 32.2. The van der Waals surface area contributed by atoms with Crippen LogP contribution in [-0.4, -0.2) is 27.3 Å². The van der Waals surface area contributed by atoms with Crippen LogP contribution in [0.5, 0.6) is 0 Å². The summed E-state index contributed by atoms with van der Waals surface area (Å²) in [5, 5.41) is 1.82. The molecular formula is C16H36OS2. The molecule has 1 atom stereocenters. The number of hydrogen-bond acceptors (Lipinski definition) is 3. The molecule has 0 saturated carbocycles. The highest BCUT2D eigenvalue weighted by Crippen LogP contribution is 2.26. The topological polar surface area (TPSA) is 17.1 Å². The van der Waals surface area contributed by atoms with E-state index in [4.69, 9.17) is 0 Å². The van der Waals surface area contributed by atoms with Gasteiger partial charge >= 0.3 is 0 Å². The molecule has 118 valence electrons. The normalized spacial score (nSPS) is 12.3. The van der Waals surface area contributed by atoms with Gasteiger partial charge in [0.05, 0.1) is 0 Å². The number of ketones is 1. The molecule has 0 aliphatic carbocycles. The van der Waals surface area contributed by atoms with E-state index in [1.54, 1.807) is 0 Å². The van der Waals surface area contributed by atoms with Crippen LogP contribution in [-0.2, 0) is 4.79 Å². The van der Waals surface area contributed by atoms with Crippen molar-refractivity contribution in [2.45, 2.75) is 85.0 Å². The summed E-state index contributed by atoms with van der Waals surface area (Å²) in [6, 6.07) is 0. The second-order valence-corrected chi connectivity index (χ2v) is 8.91. The van der Waals surface area contributed by atoms with Gasteiger partial charge in [-0.05, 0) is 22.7 Å². The van der Waals surface area contributed by atoms with Gasteiger partial charge in [0.15, 0.2) is 0 Å². The van der Waals surface area contributed by atoms with Gasteiger partial charge in [0.2, 0.25) is 0 Å². The van der Waals surface area contributed by atoms with Crippen molar-refractivity contribution in [2.75, 3.05) is 5.75 Å². The van der Waals surface area contributed by atoms with Crippen LogP contribution in [0.25, 0.3) is 0 Å². The van der Waals surface area contributed by atoms with Gasteiger partial charge in [-0.1, -0.05) is 56.4 Å².